The Morgan fingerprint density at radius 3 is 2.22 bits per heavy atom. The lowest BCUT2D eigenvalue weighted by atomic mass is 10.1. The molecule has 0 bridgehead atoms. The van der Waals surface area contributed by atoms with Gasteiger partial charge in [0.1, 0.15) is 5.82 Å². The summed E-state index contributed by atoms with van der Waals surface area (Å²) in [6, 6.07) is 19.1. The molecule has 0 radical (unpaired) electrons. The third-order valence-corrected chi connectivity index (χ3v) is 5.56. The zero-order valence-electron chi connectivity index (χ0n) is 15.4. The van der Waals surface area contributed by atoms with Crippen molar-refractivity contribution < 1.29 is 8.42 Å². The van der Waals surface area contributed by atoms with Gasteiger partial charge in [-0.3, -0.25) is 4.72 Å². The van der Waals surface area contributed by atoms with E-state index in [0.717, 1.165) is 22.4 Å². The van der Waals surface area contributed by atoms with Gasteiger partial charge in [-0.15, -0.1) is 0 Å². The summed E-state index contributed by atoms with van der Waals surface area (Å²) >= 11 is 0. The van der Waals surface area contributed by atoms with Gasteiger partial charge in [0.05, 0.1) is 17.6 Å². The number of anilines is 3. The minimum Gasteiger partial charge on any atom is -0.340 e. The fourth-order valence-electron chi connectivity index (χ4n) is 2.80. The first-order valence-electron chi connectivity index (χ1n) is 8.77. The second kappa shape index (κ2) is 8.22. The van der Waals surface area contributed by atoms with Gasteiger partial charge in [-0.2, -0.15) is 0 Å². The summed E-state index contributed by atoms with van der Waals surface area (Å²) in [7, 11) is -3.43. The van der Waals surface area contributed by atoms with Crippen molar-refractivity contribution in [2.24, 2.45) is 0 Å². The Kier molecular flexibility index (Phi) is 5.76. The highest BCUT2D eigenvalue weighted by Gasteiger charge is 2.11. The highest BCUT2D eigenvalue weighted by atomic mass is 32.2. The Hall–Kier alpha value is -2.86. The standard InChI is InChI=1S/C21H23N3O2S/c1-16-7-6-8-17(2)21(16)23-20-12-11-19(15-22-20)24-27(25,26)14-13-18-9-4-3-5-10-18/h3-12,15,24H,13-14H2,1-2H3,(H,22,23). The first kappa shape index (κ1) is 18.9. The Labute approximate surface area is 160 Å². The van der Waals surface area contributed by atoms with E-state index < -0.39 is 10.0 Å². The number of hydrogen-bond acceptors (Lipinski definition) is 4. The van der Waals surface area contributed by atoms with E-state index in [1.165, 1.54) is 6.20 Å². The molecule has 0 aliphatic heterocycles. The Morgan fingerprint density at radius 2 is 1.59 bits per heavy atom. The zero-order chi connectivity index (χ0) is 19.3. The number of benzene rings is 2. The van der Waals surface area contributed by atoms with E-state index in [2.05, 4.69) is 15.0 Å². The predicted molar refractivity (Wildman–Crippen MR) is 111 cm³/mol. The predicted octanol–water partition coefficient (Wildman–Crippen LogP) is 4.43. The lowest BCUT2D eigenvalue weighted by Gasteiger charge is -2.13. The maximum absolute atomic E-state index is 12.3. The normalized spacial score (nSPS) is 11.2. The maximum Gasteiger partial charge on any atom is 0.233 e. The third-order valence-electron chi connectivity index (χ3n) is 4.27. The van der Waals surface area contributed by atoms with Crippen molar-refractivity contribution in [3.8, 4) is 0 Å². The van der Waals surface area contributed by atoms with Gasteiger partial charge in [0.15, 0.2) is 0 Å². The molecule has 1 heterocycles. The molecule has 5 nitrogen and oxygen atoms in total. The summed E-state index contributed by atoms with van der Waals surface area (Å²) in [4.78, 5) is 4.32. The van der Waals surface area contributed by atoms with Gasteiger partial charge >= 0.3 is 0 Å². The van der Waals surface area contributed by atoms with E-state index >= 15 is 0 Å². The molecule has 6 heteroatoms. The molecule has 0 aliphatic carbocycles. The van der Waals surface area contributed by atoms with Crippen molar-refractivity contribution in [1.29, 1.82) is 0 Å². The molecule has 0 atom stereocenters. The number of para-hydroxylation sites is 1. The van der Waals surface area contributed by atoms with Crippen LogP contribution in [0.2, 0.25) is 0 Å². The van der Waals surface area contributed by atoms with Crippen LogP contribution in [-0.2, 0) is 16.4 Å². The lowest BCUT2D eigenvalue weighted by molar-refractivity contribution is 0.600. The fraction of sp³-hybridized carbons (Fsp3) is 0.190. The van der Waals surface area contributed by atoms with Crippen molar-refractivity contribution in [2.45, 2.75) is 20.3 Å². The molecule has 0 unspecified atom stereocenters. The summed E-state index contributed by atoms with van der Waals surface area (Å²) in [6.07, 6.45) is 1.99. The zero-order valence-corrected chi connectivity index (χ0v) is 16.3. The van der Waals surface area contributed by atoms with Crippen molar-refractivity contribution in [3.05, 3.63) is 83.6 Å². The number of nitrogens with one attached hydrogen (secondary N) is 2. The SMILES string of the molecule is Cc1cccc(C)c1Nc1ccc(NS(=O)(=O)CCc2ccccc2)cn1. The molecule has 3 aromatic rings. The highest BCUT2D eigenvalue weighted by Crippen LogP contribution is 2.23. The van der Waals surface area contributed by atoms with Gasteiger partial charge in [-0.25, -0.2) is 13.4 Å². The van der Waals surface area contributed by atoms with Gasteiger partial charge < -0.3 is 5.32 Å². The molecule has 27 heavy (non-hydrogen) atoms. The molecule has 0 amide bonds. The van der Waals surface area contributed by atoms with Crippen LogP contribution in [0.15, 0.2) is 66.9 Å². The second-order valence-corrected chi connectivity index (χ2v) is 8.32. The van der Waals surface area contributed by atoms with E-state index in [-0.39, 0.29) is 5.75 Å². The smallest absolute Gasteiger partial charge is 0.233 e. The van der Waals surface area contributed by atoms with E-state index in [1.807, 2.05) is 62.4 Å². The number of hydrogen-bond donors (Lipinski definition) is 2. The molecule has 1 aromatic heterocycles. The van der Waals surface area contributed by atoms with Crippen molar-refractivity contribution >= 4 is 27.2 Å². The molecular formula is C21H23N3O2S. The summed E-state index contributed by atoms with van der Waals surface area (Å²) in [5.41, 5.74) is 4.72. The Morgan fingerprint density at radius 1 is 0.889 bits per heavy atom. The molecule has 0 saturated heterocycles. The monoisotopic (exact) mass is 381 g/mol. The van der Waals surface area contributed by atoms with E-state index in [4.69, 9.17) is 0 Å². The molecule has 140 valence electrons. The lowest BCUT2D eigenvalue weighted by Crippen LogP contribution is -2.18. The van der Waals surface area contributed by atoms with Crippen molar-refractivity contribution in [3.63, 3.8) is 0 Å². The van der Waals surface area contributed by atoms with Crippen LogP contribution in [0.1, 0.15) is 16.7 Å². The Bertz CT molecular complexity index is 981. The van der Waals surface area contributed by atoms with Gasteiger partial charge in [0.2, 0.25) is 10.0 Å². The summed E-state index contributed by atoms with van der Waals surface area (Å²) in [6.45, 7) is 4.06. The second-order valence-electron chi connectivity index (χ2n) is 6.48. The van der Waals surface area contributed by atoms with Crippen LogP contribution in [0, 0.1) is 13.8 Å². The van der Waals surface area contributed by atoms with Gasteiger partial charge in [-0.05, 0) is 49.1 Å². The van der Waals surface area contributed by atoms with Crippen LogP contribution < -0.4 is 10.0 Å². The van der Waals surface area contributed by atoms with Crippen molar-refractivity contribution in [1.82, 2.24) is 4.98 Å². The number of pyridine rings is 1. The van der Waals surface area contributed by atoms with Crippen LogP contribution in [0.4, 0.5) is 17.2 Å². The van der Waals surface area contributed by atoms with Crippen LogP contribution in [0.25, 0.3) is 0 Å². The average Bonchev–Trinajstić information content (AvgIpc) is 2.65. The van der Waals surface area contributed by atoms with E-state index in [1.54, 1.807) is 12.1 Å². The summed E-state index contributed by atoms with van der Waals surface area (Å²) < 4.78 is 27.2. The number of aryl methyl sites for hydroxylation is 3. The van der Waals surface area contributed by atoms with Gasteiger partial charge in [0.25, 0.3) is 0 Å². The molecular weight excluding hydrogens is 358 g/mol. The minimum absolute atomic E-state index is 0.0272. The molecule has 0 aliphatic rings. The fourth-order valence-corrected chi connectivity index (χ4v) is 3.88. The number of aromatic nitrogens is 1. The van der Waals surface area contributed by atoms with Gasteiger partial charge in [-0.1, -0.05) is 48.5 Å². The number of sulfonamides is 1. The van der Waals surface area contributed by atoms with Crippen LogP contribution in [-0.4, -0.2) is 19.2 Å². The largest absolute Gasteiger partial charge is 0.340 e. The van der Waals surface area contributed by atoms with Gasteiger partial charge in [0, 0.05) is 5.69 Å². The first-order valence-corrected chi connectivity index (χ1v) is 10.4. The number of nitrogens with zero attached hydrogens (tertiary/aromatic N) is 1. The molecule has 2 N–H and O–H groups in total. The van der Waals surface area contributed by atoms with Crippen LogP contribution >= 0.6 is 0 Å². The Balaban J connectivity index is 1.63. The first-order chi connectivity index (χ1) is 12.9. The van der Waals surface area contributed by atoms with Crippen molar-refractivity contribution in [2.75, 3.05) is 15.8 Å². The molecule has 0 fully saturated rings. The summed E-state index contributed by atoms with van der Waals surface area (Å²) in [5, 5.41) is 3.29. The minimum atomic E-state index is -3.43. The topological polar surface area (TPSA) is 71.1 Å². The summed E-state index contributed by atoms with van der Waals surface area (Å²) in [5.74, 6) is 0.694. The van der Waals surface area contributed by atoms with Crippen LogP contribution in [0.5, 0.6) is 0 Å². The average molecular weight is 382 g/mol. The molecule has 0 spiro atoms. The highest BCUT2D eigenvalue weighted by molar-refractivity contribution is 7.92. The third kappa shape index (κ3) is 5.31. The molecule has 2 aromatic carbocycles. The quantitative estimate of drug-likeness (QED) is 0.635. The van der Waals surface area contributed by atoms with E-state index in [0.29, 0.717) is 17.9 Å². The van der Waals surface area contributed by atoms with E-state index in [9.17, 15) is 8.42 Å². The number of rotatable bonds is 7. The molecule has 3 rings (SSSR count). The maximum atomic E-state index is 12.3. The van der Waals surface area contributed by atoms with Crippen LogP contribution in [0.3, 0.4) is 0 Å². The molecule has 0 saturated carbocycles.